The number of fused-ring (bicyclic) bond motifs is 2. The Bertz CT molecular complexity index is 951. The third-order valence-electron chi connectivity index (χ3n) is 5.97. The summed E-state index contributed by atoms with van der Waals surface area (Å²) in [5, 5.41) is 0. The molecule has 31 heavy (non-hydrogen) atoms. The average Bonchev–Trinajstić information content (AvgIpc) is 2.82. The van der Waals surface area contributed by atoms with Crippen LogP contribution in [0.1, 0.15) is 62.5 Å². The number of para-hydroxylation sites is 3. The summed E-state index contributed by atoms with van der Waals surface area (Å²) >= 11 is 7.93. The second-order valence-corrected chi connectivity index (χ2v) is 9.99. The third kappa shape index (κ3) is 5.05. The zero-order valence-corrected chi connectivity index (χ0v) is 19.9. The monoisotopic (exact) mass is 445 g/mol. The number of hydrogen-bond acceptors (Lipinski definition) is 3. The molecule has 0 N–H and O–H groups in total. The predicted molar refractivity (Wildman–Crippen MR) is 141 cm³/mol. The van der Waals surface area contributed by atoms with E-state index in [9.17, 15) is 0 Å². The van der Waals surface area contributed by atoms with Gasteiger partial charge in [-0.2, -0.15) is 0 Å². The summed E-state index contributed by atoms with van der Waals surface area (Å²) in [6.07, 6.45) is 7.95. The number of nitrogens with zero attached hydrogens (tertiary/aromatic N) is 1. The van der Waals surface area contributed by atoms with E-state index in [1.807, 2.05) is 11.8 Å². The van der Waals surface area contributed by atoms with Crippen LogP contribution in [0.5, 0.6) is 0 Å². The van der Waals surface area contributed by atoms with Crippen LogP contribution in [-0.4, -0.2) is 9.95 Å². The van der Waals surface area contributed by atoms with E-state index in [2.05, 4.69) is 90.7 Å². The number of thioether (sulfide) groups is 1. The van der Waals surface area contributed by atoms with Crippen LogP contribution in [0.3, 0.4) is 0 Å². The van der Waals surface area contributed by atoms with Gasteiger partial charge in [0.1, 0.15) is 0 Å². The molecule has 0 unspecified atom stereocenters. The number of unbranched alkanes of at least 4 members (excludes halogenated alkanes) is 5. The minimum absolute atomic E-state index is 0.160. The Labute approximate surface area is 196 Å². The molecule has 0 amide bonds. The number of thiocarbonyl (C=S) groups is 1. The molecule has 1 aliphatic heterocycles. The average molecular weight is 446 g/mol. The minimum atomic E-state index is 0.160. The number of hydrogen-bond donors (Lipinski definition) is 0. The van der Waals surface area contributed by atoms with Crippen molar-refractivity contribution in [1.29, 1.82) is 0 Å². The lowest BCUT2D eigenvalue weighted by Gasteiger charge is -2.37. The molecule has 3 heteroatoms. The normalized spacial score (nSPS) is 13.0. The van der Waals surface area contributed by atoms with Crippen LogP contribution in [0.25, 0.3) is 0 Å². The summed E-state index contributed by atoms with van der Waals surface area (Å²) in [5.41, 5.74) is 6.28. The smallest absolute Gasteiger partial charge is 0.0599 e. The van der Waals surface area contributed by atoms with Gasteiger partial charge in [-0.3, -0.25) is 0 Å². The van der Waals surface area contributed by atoms with Crippen molar-refractivity contribution >= 4 is 45.2 Å². The Hall–Kier alpha value is -2.10. The highest BCUT2D eigenvalue weighted by molar-refractivity contribution is 8.23. The number of rotatable bonds is 9. The van der Waals surface area contributed by atoms with Crippen LogP contribution in [0, 0.1) is 0 Å². The number of anilines is 3. The molecule has 1 nitrogen and oxygen atoms in total. The zero-order chi connectivity index (χ0) is 21.5. The maximum atomic E-state index is 6.05. The second kappa shape index (κ2) is 11.0. The summed E-state index contributed by atoms with van der Waals surface area (Å²) in [6.45, 7) is 2.27. The van der Waals surface area contributed by atoms with Gasteiger partial charge < -0.3 is 4.90 Å². The first-order valence-corrected chi connectivity index (χ1v) is 12.9. The maximum Gasteiger partial charge on any atom is 0.0599 e. The first kappa shape index (κ1) is 22.1. The maximum absolute atomic E-state index is 6.05. The SMILES string of the molecule is CCCCCCCCSC(=S)C1c2ccccc2N(c2ccccc2)c2ccccc21. The van der Waals surface area contributed by atoms with Gasteiger partial charge in [0.25, 0.3) is 0 Å². The highest BCUT2D eigenvalue weighted by atomic mass is 32.2. The first-order chi connectivity index (χ1) is 15.3. The van der Waals surface area contributed by atoms with Gasteiger partial charge in [-0.05, 0) is 47.6 Å². The molecule has 0 radical (unpaired) electrons. The lowest BCUT2D eigenvalue weighted by Crippen LogP contribution is -2.24. The van der Waals surface area contributed by atoms with Gasteiger partial charge >= 0.3 is 0 Å². The van der Waals surface area contributed by atoms with E-state index in [1.54, 1.807) is 0 Å². The van der Waals surface area contributed by atoms with Gasteiger partial charge in [0.15, 0.2) is 0 Å². The Morgan fingerprint density at radius 3 is 1.94 bits per heavy atom. The van der Waals surface area contributed by atoms with Gasteiger partial charge in [-0.25, -0.2) is 0 Å². The van der Waals surface area contributed by atoms with Crippen LogP contribution in [-0.2, 0) is 0 Å². The molecular weight excluding hydrogens is 414 g/mol. The molecule has 0 aliphatic carbocycles. The van der Waals surface area contributed by atoms with Crippen LogP contribution in [0.4, 0.5) is 17.1 Å². The molecule has 3 aromatic carbocycles. The van der Waals surface area contributed by atoms with Gasteiger partial charge in [-0.1, -0.05) is 106 Å². The van der Waals surface area contributed by atoms with E-state index in [0.717, 1.165) is 9.95 Å². The molecule has 0 aromatic heterocycles. The van der Waals surface area contributed by atoms with Crippen molar-refractivity contribution in [1.82, 2.24) is 0 Å². The van der Waals surface area contributed by atoms with Crippen LogP contribution >= 0.6 is 24.0 Å². The molecule has 0 bridgehead atoms. The Balaban J connectivity index is 1.58. The summed E-state index contributed by atoms with van der Waals surface area (Å²) in [5.74, 6) is 1.28. The molecule has 1 aliphatic rings. The van der Waals surface area contributed by atoms with Crippen molar-refractivity contribution in [3.05, 3.63) is 90.0 Å². The third-order valence-corrected chi connectivity index (χ3v) is 7.57. The van der Waals surface area contributed by atoms with Crippen molar-refractivity contribution in [3.8, 4) is 0 Å². The highest BCUT2D eigenvalue weighted by Crippen LogP contribution is 2.50. The van der Waals surface area contributed by atoms with Crippen molar-refractivity contribution in [2.75, 3.05) is 10.7 Å². The predicted octanol–water partition coefficient (Wildman–Crippen LogP) is 9.02. The fourth-order valence-corrected chi connectivity index (χ4v) is 5.89. The van der Waals surface area contributed by atoms with E-state index in [4.69, 9.17) is 12.2 Å². The first-order valence-electron chi connectivity index (χ1n) is 11.5. The van der Waals surface area contributed by atoms with Crippen molar-refractivity contribution in [2.24, 2.45) is 0 Å². The quantitative estimate of drug-likeness (QED) is 0.239. The lowest BCUT2D eigenvalue weighted by atomic mass is 9.85. The van der Waals surface area contributed by atoms with E-state index in [0.29, 0.717) is 0 Å². The van der Waals surface area contributed by atoms with E-state index < -0.39 is 0 Å². The van der Waals surface area contributed by atoms with Crippen molar-refractivity contribution in [2.45, 2.75) is 51.4 Å². The number of benzene rings is 3. The Morgan fingerprint density at radius 1 is 0.742 bits per heavy atom. The van der Waals surface area contributed by atoms with Crippen LogP contribution in [0.15, 0.2) is 78.9 Å². The largest absolute Gasteiger partial charge is 0.310 e. The standard InChI is InChI=1S/C28H31NS2/c1-2-3-4-5-6-14-21-31-28(30)27-23-17-10-12-19-25(23)29(22-15-8-7-9-16-22)26-20-13-11-18-24(26)27/h7-13,15-20,27H,2-6,14,21H2,1H3. The molecule has 4 rings (SSSR count). The topological polar surface area (TPSA) is 3.24 Å². The van der Waals surface area contributed by atoms with Gasteiger partial charge in [0.05, 0.1) is 21.5 Å². The fraction of sp³-hybridized carbons (Fsp3) is 0.321. The van der Waals surface area contributed by atoms with E-state index in [-0.39, 0.29) is 5.92 Å². The molecule has 0 fully saturated rings. The van der Waals surface area contributed by atoms with Crippen molar-refractivity contribution in [3.63, 3.8) is 0 Å². The van der Waals surface area contributed by atoms with Crippen LogP contribution < -0.4 is 4.90 Å². The van der Waals surface area contributed by atoms with E-state index >= 15 is 0 Å². The lowest BCUT2D eigenvalue weighted by molar-refractivity contribution is 0.627. The van der Waals surface area contributed by atoms with Gasteiger partial charge in [0.2, 0.25) is 0 Å². The van der Waals surface area contributed by atoms with Gasteiger partial charge in [-0.15, -0.1) is 11.8 Å². The Morgan fingerprint density at radius 2 is 1.29 bits per heavy atom. The molecule has 0 saturated heterocycles. The molecular formula is C28H31NS2. The molecule has 0 spiro atoms. The van der Waals surface area contributed by atoms with E-state index in [1.165, 1.54) is 66.7 Å². The highest BCUT2D eigenvalue weighted by Gasteiger charge is 2.33. The van der Waals surface area contributed by atoms with Crippen LogP contribution in [0.2, 0.25) is 0 Å². The summed E-state index contributed by atoms with van der Waals surface area (Å²) in [6, 6.07) is 28.2. The summed E-state index contributed by atoms with van der Waals surface area (Å²) in [4.78, 5) is 2.38. The molecule has 1 heterocycles. The Kier molecular flexibility index (Phi) is 7.82. The molecule has 160 valence electrons. The molecule has 3 aromatic rings. The minimum Gasteiger partial charge on any atom is -0.310 e. The fourth-order valence-electron chi connectivity index (χ4n) is 4.42. The summed E-state index contributed by atoms with van der Waals surface area (Å²) in [7, 11) is 0. The molecule has 0 atom stereocenters. The molecule has 0 saturated carbocycles. The van der Waals surface area contributed by atoms with Crippen molar-refractivity contribution < 1.29 is 0 Å². The second-order valence-electron chi connectivity index (χ2n) is 8.16. The summed E-state index contributed by atoms with van der Waals surface area (Å²) < 4.78 is 1.10. The van der Waals surface area contributed by atoms with Gasteiger partial charge in [0, 0.05) is 5.69 Å². The zero-order valence-electron chi connectivity index (χ0n) is 18.3.